The van der Waals surface area contributed by atoms with Crippen LogP contribution in [0.3, 0.4) is 0 Å². The number of ether oxygens (including phenoxy) is 5. The van der Waals surface area contributed by atoms with Crippen molar-refractivity contribution in [1.29, 1.82) is 0 Å². The average Bonchev–Trinajstić information content (AvgIpc) is 3.12. The van der Waals surface area contributed by atoms with Crippen molar-refractivity contribution < 1.29 is 28.4 Å². The predicted molar refractivity (Wildman–Crippen MR) is 112 cm³/mol. The first-order valence-corrected chi connectivity index (χ1v) is 10.8. The molecule has 0 unspecified atom stereocenters. The van der Waals surface area contributed by atoms with Crippen LogP contribution in [0.25, 0.3) is 0 Å². The molecule has 1 aliphatic rings. The van der Waals surface area contributed by atoms with Crippen molar-refractivity contribution in [3.63, 3.8) is 0 Å². The highest BCUT2D eigenvalue weighted by Gasteiger charge is 2.21. The Bertz CT molecular complexity index is 464. The first kappa shape index (κ1) is 26.1. The van der Waals surface area contributed by atoms with Gasteiger partial charge in [-0.2, -0.15) is 0 Å². The molecule has 1 aliphatic heterocycles. The van der Waals surface area contributed by atoms with E-state index in [-0.39, 0.29) is 0 Å². The molecule has 29 heavy (non-hydrogen) atoms. The molecular weight excluding hydrogens is 374 g/mol. The summed E-state index contributed by atoms with van der Waals surface area (Å²) in [7, 11) is 0. The molecule has 169 valence electrons. The molecule has 8 nitrogen and oxygen atoms in total. The molecule has 0 saturated heterocycles. The van der Waals surface area contributed by atoms with Crippen LogP contribution in [0.5, 0.6) is 0 Å². The van der Waals surface area contributed by atoms with Crippen LogP contribution in [0.15, 0.2) is 10.3 Å². The second kappa shape index (κ2) is 16.8. The number of nitrogens with zero attached hydrogens (tertiary/aromatic N) is 3. The van der Waals surface area contributed by atoms with Gasteiger partial charge in [-0.25, -0.2) is 0 Å². The van der Waals surface area contributed by atoms with Crippen LogP contribution >= 0.6 is 0 Å². The Morgan fingerprint density at radius 3 is 2.03 bits per heavy atom. The summed E-state index contributed by atoms with van der Waals surface area (Å²) in [5, 5.41) is 8.19. The molecule has 0 saturated carbocycles. The molecule has 0 amide bonds. The average molecular weight is 416 g/mol. The van der Waals surface area contributed by atoms with E-state index in [4.69, 9.17) is 23.7 Å². The van der Waals surface area contributed by atoms with Gasteiger partial charge in [0.15, 0.2) is 0 Å². The third-order valence-electron chi connectivity index (χ3n) is 4.06. The topological polar surface area (TPSA) is 73.9 Å². The minimum atomic E-state index is 0.305. The molecule has 0 aromatic rings. The summed E-state index contributed by atoms with van der Waals surface area (Å²) in [5.74, 6) is 0. The van der Waals surface area contributed by atoms with Crippen molar-refractivity contribution in [3.8, 4) is 0 Å². The Morgan fingerprint density at radius 1 is 0.793 bits per heavy atom. The maximum Gasteiger partial charge on any atom is 0.234 e. The van der Waals surface area contributed by atoms with Gasteiger partial charge in [0.2, 0.25) is 12.3 Å². The fourth-order valence-corrected chi connectivity index (χ4v) is 2.24. The lowest BCUT2D eigenvalue weighted by atomic mass is 9.93. The van der Waals surface area contributed by atoms with E-state index in [2.05, 4.69) is 38.0 Å². The van der Waals surface area contributed by atoms with Crippen LogP contribution in [-0.2, 0) is 23.7 Å². The summed E-state index contributed by atoms with van der Waals surface area (Å²) in [6.45, 7) is 17.5. The molecule has 0 aromatic carbocycles. The maximum atomic E-state index is 5.58. The normalized spacial score (nSPS) is 14.3. The Kier molecular flexibility index (Phi) is 15.1. The number of hydrogen-bond acceptors (Lipinski definition) is 7. The summed E-state index contributed by atoms with van der Waals surface area (Å²) in [6, 6.07) is 0. The molecule has 0 aliphatic carbocycles. The lowest BCUT2D eigenvalue weighted by molar-refractivity contribution is -0.546. The van der Waals surface area contributed by atoms with Crippen molar-refractivity contribution in [2.75, 3.05) is 72.6 Å². The van der Waals surface area contributed by atoms with Gasteiger partial charge >= 0.3 is 0 Å². The van der Waals surface area contributed by atoms with Gasteiger partial charge in [0, 0.05) is 13.2 Å². The molecule has 1 radical (unpaired) electrons. The van der Waals surface area contributed by atoms with E-state index >= 15 is 0 Å². The van der Waals surface area contributed by atoms with Crippen molar-refractivity contribution in [2.24, 2.45) is 15.7 Å². The van der Waals surface area contributed by atoms with E-state index in [0.717, 1.165) is 38.2 Å². The molecule has 0 atom stereocenters. The van der Waals surface area contributed by atoms with Crippen molar-refractivity contribution in [3.05, 3.63) is 6.54 Å². The maximum absolute atomic E-state index is 5.58. The van der Waals surface area contributed by atoms with Gasteiger partial charge in [0.25, 0.3) is 0 Å². The van der Waals surface area contributed by atoms with Gasteiger partial charge in [-0.05, 0) is 18.3 Å². The van der Waals surface area contributed by atoms with Crippen LogP contribution < -0.4 is 0 Å². The highest BCUT2D eigenvalue weighted by molar-refractivity contribution is 5.92. The number of rotatable bonds is 19. The molecular formula is C21H41N3O5+. The number of hydrogen-bond donors (Lipinski definition) is 0. The quantitative estimate of drug-likeness (QED) is 0.239. The van der Waals surface area contributed by atoms with E-state index < -0.39 is 0 Å². The highest BCUT2D eigenvalue weighted by atomic mass is 16.5. The molecule has 1 heterocycles. The smallest absolute Gasteiger partial charge is 0.234 e. The van der Waals surface area contributed by atoms with E-state index in [1.54, 1.807) is 4.70 Å². The van der Waals surface area contributed by atoms with E-state index in [0.29, 0.717) is 64.8 Å². The summed E-state index contributed by atoms with van der Waals surface area (Å²) >= 11 is 0. The standard InChI is InChI=1S/C21H41N3O5/c1-5-6-9-25-12-14-28-15-13-27-11-8-24-18-20(22-23-24)19-29-17-16-26-10-7-21(2,3)4/h18H,5-17,19H2,1-4H3/q+1. The van der Waals surface area contributed by atoms with Crippen molar-refractivity contribution in [2.45, 2.75) is 47.0 Å². The number of unbranched alkanes of at least 4 members (excludes halogenated alkanes) is 1. The minimum Gasteiger partial charge on any atom is -0.379 e. The molecule has 0 N–H and O–H groups in total. The zero-order valence-corrected chi connectivity index (χ0v) is 18.9. The van der Waals surface area contributed by atoms with Crippen LogP contribution in [0.1, 0.15) is 47.0 Å². The lowest BCUT2D eigenvalue weighted by Crippen LogP contribution is -2.19. The SMILES string of the molecule is CCCCOCCOCCOCC[N+]1=NN=C(COCCOCCC(C)(C)C)[CH]1. The first-order chi connectivity index (χ1) is 14.0. The fourth-order valence-electron chi connectivity index (χ4n) is 2.24. The minimum absolute atomic E-state index is 0.305. The van der Waals surface area contributed by atoms with E-state index in [1.165, 1.54) is 0 Å². The van der Waals surface area contributed by atoms with Crippen LogP contribution in [-0.4, -0.2) is 83.0 Å². The van der Waals surface area contributed by atoms with E-state index in [9.17, 15) is 0 Å². The summed E-state index contributed by atoms with van der Waals surface area (Å²) < 4.78 is 29.3. The molecule has 0 fully saturated rings. The third-order valence-corrected chi connectivity index (χ3v) is 4.06. The van der Waals surface area contributed by atoms with Gasteiger partial charge in [0.05, 0.1) is 51.3 Å². The van der Waals surface area contributed by atoms with Crippen LogP contribution in [0.4, 0.5) is 0 Å². The lowest BCUT2D eigenvalue weighted by Gasteiger charge is -2.17. The summed E-state index contributed by atoms with van der Waals surface area (Å²) in [4.78, 5) is 0. The Morgan fingerprint density at radius 2 is 1.38 bits per heavy atom. The molecule has 0 spiro atoms. The molecule has 8 heteroatoms. The van der Waals surface area contributed by atoms with Gasteiger partial charge < -0.3 is 23.7 Å². The van der Waals surface area contributed by atoms with Gasteiger partial charge in [-0.3, -0.25) is 0 Å². The molecule has 1 rings (SSSR count). The summed E-state index contributed by atoms with van der Waals surface area (Å²) in [6.07, 6.45) is 3.30. The van der Waals surface area contributed by atoms with Crippen LogP contribution in [0.2, 0.25) is 0 Å². The molecule has 0 bridgehead atoms. The zero-order valence-electron chi connectivity index (χ0n) is 18.9. The van der Waals surface area contributed by atoms with Gasteiger partial charge in [0.1, 0.15) is 18.4 Å². The Hall–Kier alpha value is -0.930. The largest absolute Gasteiger partial charge is 0.379 e. The second-order valence-corrected chi connectivity index (χ2v) is 8.14. The first-order valence-electron chi connectivity index (χ1n) is 10.8. The summed E-state index contributed by atoms with van der Waals surface area (Å²) in [5.41, 5.74) is 1.12. The monoisotopic (exact) mass is 415 g/mol. The fraction of sp³-hybridized carbons (Fsp3) is 0.905. The highest BCUT2D eigenvalue weighted by Crippen LogP contribution is 2.17. The van der Waals surface area contributed by atoms with Gasteiger partial charge in [-0.1, -0.05) is 34.1 Å². The molecule has 0 aromatic heterocycles. The van der Waals surface area contributed by atoms with Crippen molar-refractivity contribution >= 4 is 5.71 Å². The Balaban J connectivity index is 1.84. The van der Waals surface area contributed by atoms with E-state index in [1.807, 2.05) is 6.54 Å². The van der Waals surface area contributed by atoms with Crippen molar-refractivity contribution in [1.82, 2.24) is 0 Å². The van der Waals surface area contributed by atoms with Crippen LogP contribution in [0, 0.1) is 12.0 Å². The predicted octanol–water partition coefficient (Wildman–Crippen LogP) is 3.30. The zero-order chi connectivity index (χ0) is 21.2. The third kappa shape index (κ3) is 16.5. The van der Waals surface area contributed by atoms with Gasteiger partial charge in [-0.15, -0.1) is 4.70 Å². The Labute approximate surface area is 176 Å². The second-order valence-electron chi connectivity index (χ2n) is 8.14.